The van der Waals surface area contributed by atoms with Gasteiger partial charge in [-0.2, -0.15) is 8.42 Å². The largest absolute Gasteiger partial charge is 0.365 e. The molecule has 0 spiro atoms. The van der Waals surface area contributed by atoms with Gasteiger partial charge in [-0.25, -0.2) is 0 Å². The van der Waals surface area contributed by atoms with Gasteiger partial charge in [-0.1, -0.05) is 125 Å². The Morgan fingerprint density at radius 3 is 1.31 bits per heavy atom. The fourth-order valence-corrected chi connectivity index (χ4v) is 6.14. The lowest BCUT2D eigenvalue weighted by Crippen LogP contribution is -2.33. The molecule has 0 bridgehead atoms. The second-order valence-electron chi connectivity index (χ2n) is 14.0. The lowest BCUT2D eigenvalue weighted by atomic mass is 9.99. The van der Waals surface area contributed by atoms with E-state index in [1.165, 1.54) is 51.4 Å². The van der Waals surface area contributed by atoms with Crippen LogP contribution in [0.25, 0.3) is 0 Å². The molecule has 6 heteroatoms. The van der Waals surface area contributed by atoms with Crippen molar-refractivity contribution in [3.63, 3.8) is 0 Å². The Morgan fingerprint density at radius 2 is 0.918 bits per heavy atom. The van der Waals surface area contributed by atoms with Crippen LogP contribution in [0.15, 0.2) is 72.9 Å². The van der Waals surface area contributed by atoms with Gasteiger partial charge >= 0.3 is 0 Å². The van der Waals surface area contributed by atoms with E-state index in [1.54, 1.807) is 0 Å². The molecule has 0 amide bonds. The normalized spacial score (nSPS) is 18.4. The van der Waals surface area contributed by atoms with Crippen LogP contribution in [0.3, 0.4) is 0 Å². The number of unbranched alkanes of at least 4 members (excludes halogenated alkanes) is 12. The highest BCUT2D eigenvalue weighted by Gasteiger charge is 2.40. The van der Waals surface area contributed by atoms with E-state index >= 15 is 0 Å². The number of hydrogen-bond donors (Lipinski definition) is 1. The molecule has 282 valence electrons. The van der Waals surface area contributed by atoms with Crippen molar-refractivity contribution in [1.29, 1.82) is 0 Å². The first-order chi connectivity index (χ1) is 23.8. The molecule has 2 unspecified atom stereocenters. The average Bonchev–Trinajstić information content (AvgIpc) is 3.84. The molecule has 1 saturated carbocycles. The molecule has 0 heterocycles. The first kappa shape index (κ1) is 45.3. The predicted molar refractivity (Wildman–Crippen MR) is 211 cm³/mol. The summed E-state index contributed by atoms with van der Waals surface area (Å²) in [6, 6.07) is 0. The highest BCUT2D eigenvalue weighted by molar-refractivity contribution is 7.85. The molecule has 2 atom stereocenters. The Balaban J connectivity index is 2.30. The van der Waals surface area contributed by atoms with Crippen molar-refractivity contribution in [2.45, 2.75) is 167 Å². The number of rotatable bonds is 34. The number of hydrogen-bond acceptors (Lipinski definition) is 5. The Hall–Kier alpha value is -1.73. The first-order valence-electron chi connectivity index (χ1n) is 19.9. The first-order valence-corrected chi connectivity index (χ1v) is 21.7. The van der Waals surface area contributed by atoms with Gasteiger partial charge in [-0.3, -0.25) is 4.18 Å². The van der Waals surface area contributed by atoms with Crippen molar-refractivity contribution in [2.24, 2.45) is 11.8 Å². The molecule has 1 rings (SSSR count). The second kappa shape index (κ2) is 31.0. The van der Waals surface area contributed by atoms with E-state index in [2.05, 4.69) is 86.8 Å². The third kappa shape index (κ3) is 30.8. The van der Waals surface area contributed by atoms with Crippen LogP contribution >= 0.6 is 0 Å². The molecule has 0 radical (unpaired) electrons. The summed E-state index contributed by atoms with van der Waals surface area (Å²) in [6.45, 7) is 5.16. The molecule has 5 nitrogen and oxygen atoms in total. The maximum Gasteiger partial charge on any atom is 0.264 e. The summed E-state index contributed by atoms with van der Waals surface area (Å²) in [5.74, 6) is -0.655. The van der Waals surface area contributed by atoms with Gasteiger partial charge in [-0.05, 0) is 108 Å². The van der Waals surface area contributed by atoms with Crippen LogP contribution in [-0.4, -0.2) is 38.8 Å². The van der Waals surface area contributed by atoms with Crippen LogP contribution in [0.5, 0.6) is 0 Å². The van der Waals surface area contributed by atoms with E-state index in [4.69, 9.17) is 8.92 Å². The zero-order valence-electron chi connectivity index (χ0n) is 31.7. The zero-order chi connectivity index (χ0) is 35.7. The van der Waals surface area contributed by atoms with Gasteiger partial charge in [0.2, 0.25) is 0 Å². The Labute approximate surface area is 303 Å². The summed E-state index contributed by atoms with van der Waals surface area (Å²) in [5.41, 5.74) is 0. The van der Waals surface area contributed by atoms with E-state index in [0.717, 1.165) is 89.7 Å². The molecular formula is C43H74O5S. The quantitative estimate of drug-likeness (QED) is 0.0313. The minimum atomic E-state index is -3.42. The van der Waals surface area contributed by atoms with Gasteiger partial charge in [0.25, 0.3) is 10.1 Å². The van der Waals surface area contributed by atoms with Crippen LogP contribution in [0.2, 0.25) is 0 Å². The molecule has 0 aromatic heterocycles. The van der Waals surface area contributed by atoms with Crippen LogP contribution in [-0.2, 0) is 19.0 Å². The molecule has 49 heavy (non-hydrogen) atoms. The maximum atomic E-state index is 11.5. The van der Waals surface area contributed by atoms with Gasteiger partial charge in [0.1, 0.15) is 0 Å². The predicted octanol–water partition coefficient (Wildman–Crippen LogP) is 12.3. The molecular weight excluding hydrogens is 629 g/mol. The van der Waals surface area contributed by atoms with Crippen LogP contribution in [0.1, 0.15) is 162 Å². The molecule has 0 saturated heterocycles. The molecule has 0 aromatic carbocycles. The monoisotopic (exact) mass is 703 g/mol. The van der Waals surface area contributed by atoms with Gasteiger partial charge in [0.15, 0.2) is 5.79 Å². The minimum absolute atomic E-state index is 0.196. The van der Waals surface area contributed by atoms with Gasteiger partial charge in [-0.15, -0.1) is 0 Å². The summed E-state index contributed by atoms with van der Waals surface area (Å²) < 4.78 is 33.8. The Bertz CT molecular complexity index is 998. The minimum Gasteiger partial charge on any atom is -0.365 e. The van der Waals surface area contributed by atoms with Gasteiger partial charge in [0, 0.05) is 12.8 Å². The van der Waals surface area contributed by atoms with E-state index in [0.29, 0.717) is 19.4 Å². The lowest BCUT2D eigenvalue weighted by molar-refractivity contribution is -0.216. The van der Waals surface area contributed by atoms with Gasteiger partial charge in [0.05, 0.1) is 19.5 Å². The van der Waals surface area contributed by atoms with E-state index in [1.807, 2.05) is 0 Å². The average molecular weight is 703 g/mol. The second-order valence-corrected chi connectivity index (χ2v) is 15.6. The molecule has 1 aliphatic carbocycles. The third-order valence-corrected chi connectivity index (χ3v) is 9.61. The van der Waals surface area contributed by atoms with Crippen molar-refractivity contribution >= 4 is 10.1 Å². The van der Waals surface area contributed by atoms with Crippen molar-refractivity contribution in [3.05, 3.63) is 72.9 Å². The Morgan fingerprint density at radius 1 is 0.551 bits per heavy atom. The number of allylic oxidation sites excluding steroid dienone is 12. The SMILES string of the molecule is CCCCCC=CCC=CCC=CCCCCCC(O)(CCCCCC=CCC=CCC=CCCCCC)OCC1CC1COS(C)(=O)=O. The Kier molecular flexibility index (Phi) is 28.7. The topological polar surface area (TPSA) is 72.8 Å². The van der Waals surface area contributed by atoms with Crippen molar-refractivity contribution in [2.75, 3.05) is 19.5 Å². The van der Waals surface area contributed by atoms with E-state index in [-0.39, 0.29) is 18.4 Å². The molecule has 1 fully saturated rings. The summed E-state index contributed by atoms with van der Waals surface area (Å²) in [4.78, 5) is 0. The van der Waals surface area contributed by atoms with Gasteiger partial charge < -0.3 is 9.84 Å². The summed E-state index contributed by atoms with van der Waals surface area (Å²) in [5, 5.41) is 11.5. The number of aliphatic hydroxyl groups is 1. The molecule has 1 N–H and O–H groups in total. The zero-order valence-corrected chi connectivity index (χ0v) is 32.6. The highest BCUT2D eigenvalue weighted by atomic mass is 32.2. The fraction of sp³-hybridized carbons (Fsp3) is 0.721. The van der Waals surface area contributed by atoms with Crippen LogP contribution in [0, 0.1) is 11.8 Å². The lowest BCUT2D eigenvalue weighted by Gasteiger charge is -2.29. The summed E-state index contributed by atoms with van der Waals surface area (Å²) >= 11 is 0. The van der Waals surface area contributed by atoms with Crippen LogP contribution in [0.4, 0.5) is 0 Å². The van der Waals surface area contributed by atoms with Crippen molar-refractivity contribution < 1.29 is 22.4 Å². The van der Waals surface area contributed by atoms with E-state index < -0.39 is 15.9 Å². The highest BCUT2D eigenvalue weighted by Crippen LogP contribution is 2.40. The molecule has 0 aliphatic heterocycles. The van der Waals surface area contributed by atoms with Crippen molar-refractivity contribution in [3.8, 4) is 0 Å². The smallest absolute Gasteiger partial charge is 0.264 e. The summed E-state index contributed by atoms with van der Waals surface area (Å²) in [7, 11) is -3.42. The van der Waals surface area contributed by atoms with E-state index in [9.17, 15) is 13.5 Å². The molecule has 0 aromatic rings. The number of ether oxygens (including phenoxy) is 1. The van der Waals surface area contributed by atoms with Crippen LogP contribution < -0.4 is 0 Å². The standard InChI is InChI=1S/C43H74O5S/c1-4-6-8-10-12-14-16-18-20-22-24-26-28-30-32-34-36-43(44,47-39-41-38-42(41)40-48-49(3,45)46)37-35-33-31-29-27-25-23-21-19-17-15-13-11-9-7-5-2/h12-15,18-21,24-27,41-42,44H,4-11,16-17,22-23,28-40H2,1-3H3. The third-order valence-electron chi connectivity index (χ3n) is 9.05. The van der Waals surface area contributed by atoms with Crippen molar-refractivity contribution in [1.82, 2.24) is 0 Å². The molecule has 1 aliphatic rings. The fourth-order valence-electron chi connectivity index (χ4n) is 5.72. The maximum absolute atomic E-state index is 11.5. The summed E-state index contributed by atoms with van der Waals surface area (Å²) in [6.07, 6.45) is 53.0.